The van der Waals surface area contributed by atoms with Crippen LogP contribution < -0.4 is 5.32 Å². The zero-order valence-electron chi connectivity index (χ0n) is 16.9. The molecule has 10 heteroatoms. The third-order valence-electron chi connectivity index (χ3n) is 3.91. The lowest BCUT2D eigenvalue weighted by molar-refractivity contribution is -0.384. The number of nitro benzene ring substituents is 1. The van der Waals surface area contributed by atoms with Crippen molar-refractivity contribution >= 4 is 45.9 Å². The highest BCUT2D eigenvalue weighted by Gasteiger charge is 2.27. The molecule has 162 valence electrons. The Morgan fingerprint density at radius 2 is 1.87 bits per heavy atom. The Bertz CT molecular complexity index is 1040. The SMILES string of the molecule is C=CCOC(=O)c1sc(NC(=O)/C=C/c2ccc([N+](=O)[O-])cc2)c(C(=O)OCC)c1C. The first-order valence-corrected chi connectivity index (χ1v) is 9.92. The second kappa shape index (κ2) is 10.8. The molecule has 1 aromatic carbocycles. The molecule has 0 atom stereocenters. The molecule has 0 aliphatic rings. The summed E-state index contributed by atoms with van der Waals surface area (Å²) < 4.78 is 10.1. The molecule has 1 heterocycles. The number of hydrogen-bond donors (Lipinski definition) is 1. The summed E-state index contributed by atoms with van der Waals surface area (Å²) in [6, 6.07) is 5.63. The molecule has 1 N–H and O–H groups in total. The van der Waals surface area contributed by atoms with Crippen LogP contribution in [-0.4, -0.2) is 36.0 Å². The van der Waals surface area contributed by atoms with E-state index >= 15 is 0 Å². The van der Waals surface area contributed by atoms with E-state index in [-0.39, 0.29) is 34.3 Å². The van der Waals surface area contributed by atoms with Gasteiger partial charge in [-0.1, -0.05) is 12.7 Å². The van der Waals surface area contributed by atoms with Gasteiger partial charge in [0, 0.05) is 18.2 Å². The zero-order chi connectivity index (χ0) is 23.0. The van der Waals surface area contributed by atoms with Crippen molar-refractivity contribution in [3.63, 3.8) is 0 Å². The number of anilines is 1. The summed E-state index contributed by atoms with van der Waals surface area (Å²) in [7, 11) is 0. The maximum Gasteiger partial charge on any atom is 0.348 e. The molecule has 0 fully saturated rings. The Morgan fingerprint density at radius 1 is 1.19 bits per heavy atom. The number of thiophene rings is 1. The lowest BCUT2D eigenvalue weighted by Crippen LogP contribution is -2.13. The Morgan fingerprint density at radius 3 is 2.45 bits per heavy atom. The van der Waals surface area contributed by atoms with Crippen molar-refractivity contribution in [3.8, 4) is 0 Å². The zero-order valence-corrected chi connectivity index (χ0v) is 17.7. The summed E-state index contributed by atoms with van der Waals surface area (Å²) >= 11 is 0.904. The molecule has 0 spiro atoms. The molecule has 0 aliphatic heterocycles. The quantitative estimate of drug-likeness (QED) is 0.203. The van der Waals surface area contributed by atoms with Crippen LogP contribution in [0.4, 0.5) is 10.7 Å². The third kappa shape index (κ3) is 6.09. The summed E-state index contributed by atoms with van der Waals surface area (Å²) in [6.07, 6.45) is 4.09. The molecule has 0 aliphatic carbocycles. The molecule has 2 aromatic rings. The Labute approximate surface area is 182 Å². The number of nitro groups is 1. The van der Waals surface area contributed by atoms with E-state index in [2.05, 4.69) is 11.9 Å². The van der Waals surface area contributed by atoms with Crippen LogP contribution in [0.3, 0.4) is 0 Å². The number of esters is 2. The van der Waals surface area contributed by atoms with E-state index in [9.17, 15) is 24.5 Å². The lowest BCUT2D eigenvalue weighted by Gasteiger charge is -2.05. The van der Waals surface area contributed by atoms with Crippen molar-refractivity contribution in [2.75, 3.05) is 18.5 Å². The van der Waals surface area contributed by atoms with Gasteiger partial charge in [-0.15, -0.1) is 11.3 Å². The predicted molar refractivity (Wildman–Crippen MR) is 116 cm³/mol. The van der Waals surface area contributed by atoms with Crippen LogP contribution >= 0.6 is 11.3 Å². The van der Waals surface area contributed by atoms with Crippen molar-refractivity contribution in [1.29, 1.82) is 0 Å². The minimum atomic E-state index is -0.673. The summed E-state index contributed by atoms with van der Waals surface area (Å²) in [4.78, 5) is 47.4. The highest BCUT2D eigenvalue weighted by molar-refractivity contribution is 7.18. The number of nitrogens with zero attached hydrogens (tertiary/aromatic N) is 1. The van der Waals surface area contributed by atoms with Crippen LogP contribution in [-0.2, 0) is 14.3 Å². The summed E-state index contributed by atoms with van der Waals surface area (Å²) in [6.45, 7) is 6.81. The van der Waals surface area contributed by atoms with Crippen LogP contribution in [0, 0.1) is 17.0 Å². The molecule has 0 radical (unpaired) electrons. The van der Waals surface area contributed by atoms with Gasteiger partial charge in [-0.05, 0) is 43.2 Å². The standard InChI is InChI=1S/C21H20N2O7S/c1-4-12-30-21(26)18-13(3)17(20(25)29-5-2)19(31-18)22-16(24)11-8-14-6-9-15(10-7-14)23(27)28/h4,6-11H,1,5,12H2,2-3H3,(H,22,24)/b11-8+. The fraction of sp³-hybridized carbons (Fsp3) is 0.190. The van der Waals surface area contributed by atoms with E-state index in [0.29, 0.717) is 11.1 Å². The van der Waals surface area contributed by atoms with Crippen molar-refractivity contribution in [1.82, 2.24) is 0 Å². The maximum atomic E-state index is 12.4. The number of amides is 1. The highest BCUT2D eigenvalue weighted by atomic mass is 32.1. The Hall–Kier alpha value is -3.79. The minimum absolute atomic E-state index is 0.00454. The van der Waals surface area contributed by atoms with Gasteiger partial charge in [0.1, 0.15) is 16.5 Å². The molecule has 1 aromatic heterocycles. The number of nitrogens with one attached hydrogen (secondary N) is 1. The molecule has 2 rings (SSSR count). The van der Waals surface area contributed by atoms with E-state index in [1.165, 1.54) is 42.5 Å². The van der Waals surface area contributed by atoms with Crippen LogP contribution in [0.5, 0.6) is 0 Å². The first-order valence-electron chi connectivity index (χ1n) is 9.10. The first kappa shape index (κ1) is 23.5. The molecule has 0 unspecified atom stereocenters. The van der Waals surface area contributed by atoms with E-state index in [1.807, 2.05) is 0 Å². The van der Waals surface area contributed by atoms with Gasteiger partial charge in [0.25, 0.3) is 5.69 Å². The van der Waals surface area contributed by atoms with Gasteiger partial charge in [-0.25, -0.2) is 9.59 Å². The van der Waals surface area contributed by atoms with E-state index in [0.717, 1.165) is 11.3 Å². The van der Waals surface area contributed by atoms with Gasteiger partial charge < -0.3 is 14.8 Å². The van der Waals surface area contributed by atoms with Gasteiger partial charge in [0.05, 0.1) is 17.1 Å². The number of carbonyl (C=O) groups is 3. The monoisotopic (exact) mass is 444 g/mol. The smallest absolute Gasteiger partial charge is 0.348 e. The van der Waals surface area contributed by atoms with Gasteiger partial charge in [-0.3, -0.25) is 14.9 Å². The molecule has 0 bridgehead atoms. The van der Waals surface area contributed by atoms with Crippen molar-refractivity contribution in [2.45, 2.75) is 13.8 Å². The normalized spacial score (nSPS) is 10.5. The van der Waals surface area contributed by atoms with Crippen molar-refractivity contribution in [2.24, 2.45) is 0 Å². The van der Waals surface area contributed by atoms with Crippen molar-refractivity contribution in [3.05, 3.63) is 74.7 Å². The predicted octanol–water partition coefficient (Wildman–Crippen LogP) is 4.14. The molecule has 9 nitrogen and oxygen atoms in total. The van der Waals surface area contributed by atoms with Gasteiger partial charge in [0.15, 0.2) is 0 Å². The average Bonchev–Trinajstić information content (AvgIpc) is 3.06. The molecule has 0 saturated heterocycles. The van der Waals surface area contributed by atoms with Crippen LogP contribution in [0.15, 0.2) is 43.0 Å². The van der Waals surface area contributed by atoms with Crippen LogP contribution in [0.25, 0.3) is 6.08 Å². The third-order valence-corrected chi connectivity index (χ3v) is 5.10. The van der Waals surface area contributed by atoms with E-state index in [4.69, 9.17) is 9.47 Å². The number of ether oxygens (including phenoxy) is 2. The van der Waals surface area contributed by atoms with E-state index < -0.39 is 22.8 Å². The van der Waals surface area contributed by atoms with Gasteiger partial charge in [0.2, 0.25) is 5.91 Å². The number of rotatable bonds is 9. The molecule has 1 amide bonds. The number of non-ortho nitro benzene ring substituents is 1. The summed E-state index contributed by atoms with van der Waals surface area (Å²) in [5.41, 5.74) is 0.926. The molecule has 31 heavy (non-hydrogen) atoms. The van der Waals surface area contributed by atoms with Crippen LogP contribution in [0.1, 0.15) is 38.1 Å². The lowest BCUT2D eigenvalue weighted by atomic mass is 10.1. The fourth-order valence-electron chi connectivity index (χ4n) is 2.48. The summed E-state index contributed by atoms with van der Waals surface area (Å²) in [5.74, 6) is -1.88. The molecular weight excluding hydrogens is 424 g/mol. The van der Waals surface area contributed by atoms with E-state index in [1.54, 1.807) is 13.8 Å². The van der Waals surface area contributed by atoms with Crippen molar-refractivity contribution < 1.29 is 28.8 Å². The highest BCUT2D eigenvalue weighted by Crippen LogP contribution is 2.34. The fourth-order valence-corrected chi connectivity index (χ4v) is 3.57. The molecular formula is C21H20N2O7S. The Balaban J connectivity index is 2.25. The first-order chi connectivity index (χ1) is 14.8. The van der Waals surface area contributed by atoms with Crippen LogP contribution in [0.2, 0.25) is 0 Å². The van der Waals surface area contributed by atoms with Gasteiger partial charge >= 0.3 is 11.9 Å². The average molecular weight is 444 g/mol. The maximum absolute atomic E-state index is 12.4. The second-order valence-corrected chi connectivity index (χ2v) is 7.06. The largest absolute Gasteiger partial charge is 0.462 e. The minimum Gasteiger partial charge on any atom is -0.462 e. The summed E-state index contributed by atoms with van der Waals surface area (Å²) in [5, 5.41) is 13.4. The Kier molecular flexibility index (Phi) is 8.21. The van der Waals surface area contributed by atoms with Gasteiger partial charge in [-0.2, -0.15) is 0 Å². The molecule has 0 saturated carbocycles. The number of hydrogen-bond acceptors (Lipinski definition) is 8. The second-order valence-electron chi connectivity index (χ2n) is 6.04. The number of carbonyl (C=O) groups excluding carboxylic acids is 3. The number of benzene rings is 1. The topological polar surface area (TPSA) is 125 Å².